The number of benzene rings is 2. The zero-order valence-electron chi connectivity index (χ0n) is 18.2. The molecule has 0 atom stereocenters. The van der Waals surface area contributed by atoms with Crippen LogP contribution in [-0.4, -0.2) is 31.4 Å². The lowest BCUT2D eigenvalue weighted by Gasteiger charge is -2.28. The van der Waals surface area contributed by atoms with E-state index in [9.17, 15) is 14.4 Å². The van der Waals surface area contributed by atoms with Gasteiger partial charge in [0.2, 0.25) is 5.91 Å². The Kier molecular flexibility index (Phi) is 8.68. The second-order valence-electron chi connectivity index (χ2n) is 8.18. The molecule has 0 aromatic heterocycles. The summed E-state index contributed by atoms with van der Waals surface area (Å²) in [4.78, 5) is 35.7. The SMILES string of the molecule is COC(=O)CC1CCC(c2ccc(NC(=O)CCNC(=O)c3ccc(Cl)cc3)cc2)CC1. The smallest absolute Gasteiger partial charge is 0.305 e. The van der Waals surface area contributed by atoms with Gasteiger partial charge in [0.05, 0.1) is 7.11 Å². The third-order valence-corrected chi connectivity index (χ3v) is 6.19. The van der Waals surface area contributed by atoms with Gasteiger partial charge < -0.3 is 15.4 Å². The molecule has 3 rings (SSSR count). The van der Waals surface area contributed by atoms with Crippen LogP contribution in [0.4, 0.5) is 5.69 Å². The second kappa shape index (κ2) is 11.7. The lowest BCUT2D eigenvalue weighted by molar-refractivity contribution is -0.142. The number of esters is 1. The summed E-state index contributed by atoms with van der Waals surface area (Å²) in [5.41, 5.74) is 2.50. The molecule has 0 bridgehead atoms. The van der Waals surface area contributed by atoms with Crippen molar-refractivity contribution in [1.82, 2.24) is 5.32 Å². The van der Waals surface area contributed by atoms with Gasteiger partial charge in [-0.25, -0.2) is 0 Å². The molecule has 0 radical (unpaired) electrons. The summed E-state index contributed by atoms with van der Waals surface area (Å²) >= 11 is 5.82. The van der Waals surface area contributed by atoms with E-state index >= 15 is 0 Å². The highest BCUT2D eigenvalue weighted by atomic mass is 35.5. The third-order valence-electron chi connectivity index (χ3n) is 5.94. The van der Waals surface area contributed by atoms with Crippen molar-refractivity contribution in [3.63, 3.8) is 0 Å². The van der Waals surface area contributed by atoms with Crippen molar-refractivity contribution in [2.45, 2.75) is 44.4 Å². The molecule has 0 heterocycles. The molecule has 0 saturated heterocycles. The zero-order valence-corrected chi connectivity index (χ0v) is 19.0. The Labute approximate surface area is 193 Å². The van der Waals surface area contributed by atoms with Gasteiger partial charge in [0.15, 0.2) is 0 Å². The molecule has 2 aromatic carbocycles. The van der Waals surface area contributed by atoms with Gasteiger partial charge in [-0.1, -0.05) is 23.7 Å². The molecule has 1 saturated carbocycles. The van der Waals surface area contributed by atoms with Crippen LogP contribution in [0.25, 0.3) is 0 Å². The molecule has 2 aromatic rings. The Morgan fingerprint density at radius 2 is 1.62 bits per heavy atom. The number of hydrogen-bond acceptors (Lipinski definition) is 4. The van der Waals surface area contributed by atoms with Gasteiger partial charge in [0, 0.05) is 35.7 Å². The number of carbonyl (C=O) groups is 3. The van der Waals surface area contributed by atoms with E-state index < -0.39 is 0 Å². The Morgan fingerprint density at radius 3 is 2.25 bits per heavy atom. The Morgan fingerprint density at radius 1 is 0.969 bits per heavy atom. The van der Waals surface area contributed by atoms with Crippen LogP contribution in [0.15, 0.2) is 48.5 Å². The largest absolute Gasteiger partial charge is 0.469 e. The predicted molar refractivity (Wildman–Crippen MR) is 125 cm³/mol. The molecule has 170 valence electrons. The number of anilines is 1. The first kappa shape index (κ1) is 23.8. The zero-order chi connectivity index (χ0) is 22.9. The normalized spacial score (nSPS) is 17.9. The van der Waals surface area contributed by atoms with Crippen molar-refractivity contribution in [3.8, 4) is 0 Å². The standard InChI is InChI=1S/C25H29ClN2O4/c1-32-24(30)16-17-2-4-18(5-3-17)19-8-12-22(13-9-19)28-23(29)14-15-27-25(31)20-6-10-21(26)11-7-20/h6-13,17-18H,2-5,14-16H2,1H3,(H,27,31)(H,28,29). The lowest BCUT2D eigenvalue weighted by atomic mass is 9.77. The van der Waals surface area contributed by atoms with Gasteiger partial charge in [-0.05, 0) is 79.5 Å². The van der Waals surface area contributed by atoms with Crippen molar-refractivity contribution in [1.29, 1.82) is 0 Å². The second-order valence-corrected chi connectivity index (χ2v) is 8.62. The molecule has 0 aliphatic heterocycles. The van der Waals surface area contributed by atoms with Crippen LogP contribution in [0.5, 0.6) is 0 Å². The summed E-state index contributed by atoms with van der Waals surface area (Å²) < 4.78 is 4.77. The monoisotopic (exact) mass is 456 g/mol. The van der Waals surface area contributed by atoms with Gasteiger partial charge in [-0.3, -0.25) is 14.4 Å². The van der Waals surface area contributed by atoms with Gasteiger partial charge in [0.25, 0.3) is 5.91 Å². The molecule has 2 N–H and O–H groups in total. The van der Waals surface area contributed by atoms with E-state index in [4.69, 9.17) is 16.3 Å². The molecule has 6 nitrogen and oxygen atoms in total. The fourth-order valence-electron chi connectivity index (χ4n) is 4.07. The highest BCUT2D eigenvalue weighted by Crippen LogP contribution is 2.37. The molecule has 0 spiro atoms. The first-order chi connectivity index (χ1) is 15.4. The van der Waals surface area contributed by atoms with Crippen LogP contribution in [0.3, 0.4) is 0 Å². The fraction of sp³-hybridized carbons (Fsp3) is 0.400. The van der Waals surface area contributed by atoms with Crippen LogP contribution in [0.2, 0.25) is 5.02 Å². The maximum absolute atomic E-state index is 12.2. The van der Waals surface area contributed by atoms with Crippen molar-refractivity contribution < 1.29 is 19.1 Å². The quantitative estimate of drug-likeness (QED) is 0.551. The first-order valence-corrected chi connectivity index (χ1v) is 11.3. The van der Waals surface area contributed by atoms with Crippen LogP contribution in [-0.2, 0) is 14.3 Å². The molecular weight excluding hydrogens is 428 g/mol. The maximum atomic E-state index is 12.2. The van der Waals surface area contributed by atoms with Crippen LogP contribution in [0.1, 0.15) is 60.4 Å². The van der Waals surface area contributed by atoms with Gasteiger partial charge in [-0.2, -0.15) is 0 Å². The molecule has 1 aliphatic carbocycles. The molecular formula is C25H29ClN2O4. The third kappa shape index (κ3) is 7.09. The average molecular weight is 457 g/mol. The van der Waals surface area contributed by atoms with Crippen molar-refractivity contribution in [3.05, 3.63) is 64.7 Å². The van der Waals surface area contributed by atoms with Crippen molar-refractivity contribution >= 4 is 35.1 Å². The van der Waals surface area contributed by atoms with Crippen LogP contribution >= 0.6 is 11.6 Å². The Hall–Kier alpha value is -2.86. The van der Waals surface area contributed by atoms with Crippen LogP contribution < -0.4 is 10.6 Å². The highest BCUT2D eigenvalue weighted by Gasteiger charge is 2.24. The number of hydrogen-bond donors (Lipinski definition) is 2. The Bertz CT molecular complexity index is 920. The number of carbonyl (C=O) groups excluding carboxylic acids is 3. The maximum Gasteiger partial charge on any atom is 0.305 e. The highest BCUT2D eigenvalue weighted by molar-refractivity contribution is 6.30. The number of ether oxygens (including phenoxy) is 1. The molecule has 1 aliphatic rings. The molecule has 1 fully saturated rings. The summed E-state index contributed by atoms with van der Waals surface area (Å²) in [6, 6.07) is 14.5. The lowest BCUT2D eigenvalue weighted by Crippen LogP contribution is -2.27. The minimum Gasteiger partial charge on any atom is -0.469 e. The van der Waals surface area contributed by atoms with Crippen molar-refractivity contribution in [2.75, 3.05) is 19.0 Å². The van der Waals surface area contributed by atoms with Crippen molar-refractivity contribution in [2.24, 2.45) is 5.92 Å². The number of halogens is 1. The molecule has 7 heteroatoms. The average Bonchev–Trinajstić information content (AvgIpc) is 2.80. The number of nitrogens with one attached hydrogen (secondary N) is 2. The number of rotatable bonds is 8. The van der Waals surface area contributed by atoms with E-state index in [0.717, 1.165) is 31.4 Å². The predicted octanol–water partition coefficient (Wildman–Crippen LogP) is 4.94. The summed E-state index contributed by atoms with van der Waals surface area (Å²) in [5.74, 6) is 0.380. The molecule has 0 unspecified atom stereocenters. The van der Waals surface area contributed by atoms with E-state index in [1.54, 1.807) is 24.3 Å². The fourth-order valence-corrected chi connectivity index (χ4v) is 4.20. The number of methoxy groups -OCH3 is 1. The molecule has 32 heavy (non-hydrogen) atoms. The van der Waals surface area contributed by atoms with Gasteiger partial charge in [0.1, 0.15) is 0 Å². The van der Waals surface area contributed by atoms with E-state index in [1.807, 2.05) is 12.1 Å². The summed E-state index contributed by atoms with van der Waals surface area (Å²) in [7, 11) is 1.44. The van der Waals surface area contributed by atoms with E-state index in [2.05, 4.69) is 22.8 Å². The summed E-state index contributed by atoms with van der Waals surface area (Å²) in [6.07, 6.45) is 4.86. The van der Waals surface area contributed by atoms with E-state index in [1.165, 1.54) is 12.7 Å². The first-order valence-electron chi connectivity index (χ1n) is 10.9. The van der Waals surface area contributed by atoms with E-state index in [0.29, 0.717) is 28.8 Å². The van der Waals surface area contributed by atoms with Gasteiger partial charge >= 0.3 is 5.97 Å². The number of amides is 2. The molecule has 2 amide bonds. The minimum atomic E-state index is -0.236. The van der Waals surface area contributed by atoms with Crippen LogP contribution in [0, 0.1) is 5.92 Å². The van der Waals surface area contributed by atoms with Gasteiger partial charge in [-0.15, -0.1) is 0 Å². The Balaban J connectivity index is 1.39. The topological polar surface area (TPSA) is 84.5 Å². The van der Waals surface area contributed by atoms with E-state index in [-0.39, 0.29) is 30.7 Å². The summed E-state index contributed by atoms with van der Waals surface area (Å²) in [5, 5.41) is 6.17. The summed E-state index contributed by atoms with van der Waals surface area (Å²) in [6.45, 7) is 0.250. The minimum absolute atomic E-state index is 0.127.